The van der Waals surface area contributed by atoms with E-state index in [9.17, 15) is 9.18 Å². The smallest absolute Gasteiger partial charge is 0.219 e. The standard InChI is InChI=1S/C22H29FN6O/c1-14(30)29-8-7-20(27-11-15-3-4-15)18(13-29)22(25)28-21-9-16(5-6-19(21)23)17(10-24)12-26-2/h5-6,9-10,12,15,24,26-27H,3-4,7-8,11,13H2,1-2H3,(H2,25,28)/b17-12+,24-10?. The molecule has 0 aromatic heterocycles. The SMILES string of the molecule is CN/C=C(\C=N)c1ccc(F)c(NC(=N)C2=C(NCC3CC3)CCN(C(C)=O)C2)c1. The highest BCUT2D eigenvalue weighted by Crippen LogP contribution is 2.29. The van der Waals surface area contributed by atoms with Crippen LogP contribution >= 0.6 is 0 Å². The highest BCUT2D eigenvalue weighted by molar-refractivity contribution is 6.10. The number of nitrogens with one attached hydrogen (secondary N) is 5. The Balaban J connectivity index is 1.84. The average molecular weight is 413 g/mol. The van der Waals surface area contributed by atoms with Crippen molar-refractivity contribution >= 4 is 29.2 Å². The van der Waals surface area contributed by atoms with Gasteiger partial charge in [-0.2, -0.15) is 0 Å². The number of carbonyl (C=O) groups excluding carboxylic acids is 1. The van der Waals surface area contributed by atoms with Gasteiger partial charge in [-0.05, 0) is 36.5 Å². The monoisotopic (exact) mass is 412 g/mol. The van der Waals surface area contributed by atoms with Crippen molar-refractivity contribution < 1.29 is 9.18 Å². The highest BCUT2D eigenvalue weighted by atomic mass is 19.1. The summed E-state index contributed by atoms with van der Waals surface area (Å²) in [6.07, 6.45) is 5.94. The summed E-state index contributed by atoms with van der Waals surface area (Å²) in [6, 6.07) is 4.50. The topological polar surface area (TPSA) is 104 Å². The second-order valence-corrected chi connectivity index (χ2v) is 7.70. The quantitative estimate of drug-likeness (QED) is 0.334. The molecule has 0 atom stereocenters. The van der Waals surface area contributed by atoms with Gasteiger partial charge in [0, 0.05) is 62.7 Å². The molecular weight excluding hydrogens is 383 g/mol. The molecule has 0 unspecified atom stereocenters. The van der Waals surface area contributed by atoms with E-state index < -0.39 is 5.82 Å². The zero-order chi connectivity index (χ0) is 21.7. The zero-order valence-electron chi connectivity index (χ0n) is 17.4. The fraction of sp³-hybridized carbons (Fsp3) is 0.409. The lowest BCUT2D eigenvalue weighted by molar-refractivity contribution is -0.128. The van der Waals surface area contributed by atoms with Gasteiger partial charge in [-0.3, -0.25) is 10.2 Å². The number of allylic oxidation sites excluding steroid dienone is 1. The van der Waals surface area contributed by atoms with Crippen molar-refractivity contribution in [1.29, 1.82) is 10.8 Å². The van der Waals surface area contributed by atoms with Gasteiger partial charge in [-0.1, -0.05) is 6.07 Å². The molecule has 1 fully saturated rings. The molecule has 1 saturated carbocycles. The van der Waals surface area contributed by atoms with Crippen molar-refractivity contribution in [3.63, 3.8) is 0 Å². The minimum atomic E-state index is -0.482. The molecule has 2 aliphatic rings. The number of halogens is 1. The number of anilines is 1. The van der Waals surface area contributed by atoms with Gasteiger partial charge in [-0.15, -0.1) is 0 Å². The Morgan fingerprint density at radius 3 is 2.77 bits per heavy atom. The van der Waals surface area contributed by atoms with E-state index in [0.717, 1.165) is 12.2 Å². The predicted octanol–water partition coefficient (Wildman–Crippen LogP) is 2.93. The minimum Gasteiger partial charge on any atom is -0.393 e. The van der Waals surface area contributed by atoms with Gasteiger partial charge in [0.2, 0.25) is 5.91 Å². The van der Waals surface area contributed by atoms with E-state index >= 15 is 0 Å². The molecule has 7 nitrogen and oxygen atoms in total. The maximum absolute atomic E-state index is 14.5. The van der Waals surface area contributed by atoms with E-state index in [1.807, 2.05) is 0 Å². The summed E-state index contributed by atoms with van der Waals surface area (Å²) in [5, 5.41) is 25.4. The van der Waals surface area contributed by atoms with Gasteiger partial charge in [0.15, 0.2) is 0 Å². The van der Waals surface area contributed by atoms with Crippen LogP contribution in [0.15, 0.2) is 35.7 Å². The Morgan fingerprint density at radius 2 is 2.13 bits per heavy atom. The Morgan fingerprint density at radius 1 is 1.37 bits per heavy atom. The normalized spacial score (nSPS) is 16.9. The van der Waals surface area contributed by atoms with Crippen LogP contribution in [0.2, 0.25) is 0 Å². The molecule has 1 heterocycles. The maximum Gasteiger partial charge on any atom is 0.219 e. The highest BCUT2D eigenvalue weighted by Gasteiger charge is 2.26. The Kier molecular flexibility index (Phi) is 6.87. The molecule has 0 bridgehead atoms. The number of nitrogens with zero attached hydrogens (tertiary/aromatic N) is 1. The van der Waals surface area contributed by atoms with Crippen LogP contribution in [0.3, 0.4) is 0 Å². The van der Waals surface area contributed by atoms with Crippen LogP contribution in [0.4, 0.5) is 10.1 Å². The molecule has 1 aromatic rings. The number of hydrogen-bond donors (Lipinski definition) is 5. The first-order valence-corrected chi connectivity index (χ1v) is 10.2. The fourth-order valence-electron chi connectivity index (χ4n) is 3.42. The summed E-state index contributed by atoms with van der Waals surface area (Å²) in [4.78, 5) is 13.6. The predicted molar refractivity (Wildman–Crippen MR) is 118 cm³/mol. The molecule has 0 saturated heterocycles. The largest absolute Gasteiger partial charge is 0.393 e. The maximum atomic E-state index is 14.5. The summed E-state index contributed by atoms with van der Waals surface area (Å²) in [6.45, 7) is 3.32. The first-order valence-electron chi connectivity index (χ1n) is 10.2. The van der Waals surface area contributed by atoms with Gasteiger partial charge < -0.3 is 26.3 Å². The van der Waals surface area contributed by atoms with Crippen molar-refractivity contribution in [1.82, 2.24) is 15.5 Å². The second kappa shape index (κ2) is 9.56. The van der Waals surface area contributed by atoms with Crippen LogP contribution in [-0.4, -0.2) is 49.5 Å². The zero-order valence-corrected chi connectivity index (χ0v) is 17.4. The summed E-state index contributed by atoms with van der Waals surface area (Å²) in [5.41, 5.74) is 3.05. The van der Waals surface area contributed by atoms with Gasteiger partial charge in [0.1, 0.15) is 11.7 Å². The molecule has 3 rings (SSSR count). The third-order valence-electron chi connectivity index (χ3n) is 5.41. The average Bonchev–Trinajstić information content (AvgIpc) is 3.56. The number of rotatable bonds is 8. The third kappa shape index (κ3) is 5.25. The van der Waals surface area contributed by atoms with E-state index in [2.05, 4.69) is 16.0 Å². The van der Waals surface area contributed by atoms with Crippen molar-refractivity contribution in [2.24, 2.45) is 5.92 Å². The van der Waals surface area contributed by atoms with Crippen LogP contribution in [0.25, 0.3) is 5.57 Å². The van der Waals surface area contributed by atoms with Gasteiger partial charge in [-0.25, -0.2) is 4.39 Å². The first kappa shape index (κ1) is 21.5. The molecule has 160 valence electrons. The summed E-state index contributed by atoms with van der Waals surface area (Å²) in [5.74, 6) is 0.232. The van der Waals surface area contributed by atoms with Crippen molar-refractivity contribution in [3.8, 4) is 0 Å². The molecule has 0 spiro atoms. The van der Waals surface area contributed by atoms with Crippen LogP contribution in [0, 0.1) is 22.6 Å². The van der Waals surface area contributed by atoms with Crippen LogP contribution < -0.4 is 16.0 Å². The third-order valence-corrected chi connectivity index (χ3v) is 5.41. The number of amides is 1. The van der Waals surface area contributed by atoms with Gasteiger partial charge in [0.05, 0.1) is 12.2 Å². The molecule has 1 aromatic carbocycles. The van der Waals surface area contributed by atoms with Crippen LogP contribution in [-0.2, 0) is 4.79 Å². The molecule has 30 heavy (non-hydrogen) atoms. The van der Waals surface area contributed by atoms with Gasteiger partial charge in [0.25, 0.3) is 0 Å². The van der Waals surface area contributed by atoms with Crippen molar-refractivity contribution in [2.75, 3.05) is 32.0 Å². The van der Waals surface area contributed by atoms with E-state index in [1.54, 1.807) is 30.3 Å². The molecule has 8 heteroatoms. The van der Waals surface area contributed by atoms with Crippen molar-refractivity contribution in [3.05, 3.63) is 47.0 Å². The fourth-order valence-corrected chi connectivity index (χ4v) is 3.42. The Hall–Kier alpha value is -3.16. The molecule has 1 aliphatic heterocycles. The molecule has 1 aliphatic carbocycles. The van der Waals surface area contributed by atoms with E-state index in [-0.39, 0.29) is 17.4 Å². The Labute approximate surface area is 176 Å². The molecule has 0 radical (unpaired) electrons. The second-order valence-electron chi connectivity index (χ2n) is 7.70. The molecular formula is C22H29FN6O. The van der Waals surface area contributed by atoms with Crippen molar-refractivity contribution in [2.45, 2.75) is 26.2 Å². The van der Waals surface area contributed by atoms with E-state index in [4.69, 9.17) is 10.8 Å². The minimum absolute atomic E-state index is 0.0393. The lowest BCUT2D eigenvalue weighted by atomic mass is 10.0. The summed E-state index contributed by atoms with van der Waals surface area (Å²) < 4.78 is 14.5. The summed E-state index contributed by atoms with van der Waals surface area (Å²) in [7, 11) is 1.73. The lowest BCUT2D eigenvalue weighted by Gasteiger charge is -2.31. The number of carbonyl (C=O) groups is 1. The van der Waals surface area contributed by atoms with E-state index in [1.165, 1.54) is 32.0 Å². The van der Waals surface area contributed by atoms with Gasteiger partial charge >= 0.3 is 0 Å². The number of amidine groups is 1. The molecule has 5 N–H and O–H groups in total. The van der Waals surface area contributed by atoms with E-state index in [0.29, 0.717) is 42.1 Å². The van der Waals surface area contributed by atoms with Crippen LogP contribution in [0.1, 0.15) is 31.7 Å². The molecule has 1 amide bonds. The Bertz CT molecular complexity index is 903. The number of hydrogen-bond acceptors (Lipinski definition) is 5. The van der Waals surface area contributed by atoms with Crippen LogP contribution in [0.5, 0.6) is 0 Å². The first-order chi connectivity index (χ1) is 14.4. The lowest BCUT2D eigenvalue weighted by Crippen LogP contribution is -2.41. The summed E-state index contributed by atoms with van der Waals surface area (Å²) >= 11 is 0. The number of benzene rings is 1.